The van der Waals surface area contributed by atoms with E-state index in [1.807, 2.05) is 44.3 Å². The smallest absolute Gasteiger partial charge is 0.123 e. The van der Waals surface area contributed by atoms with Gasteiger partial charge in [0.05, 0.1) is 5.69 Å². The predicted octanol–water partition coefficient (Wildman–Crippen LogP) is 2.05. The fourth-order valence-electron chi connectivity index (χ4n) is 2.10. The van der Waals surface area contributed by atoms with Crippen molar-refractivity contribution in [3.8, 4) is 0 Å². The summed E-state index contributed by atoms with van der Waals surface area (Å²) < 4.78 is 0. The van der Waals surface area contributed by atoms with Crippen molar-refractivity contribution in [2.45, 2.75) is 20.0 Å². The lowest BCUT2D eigenvalue weighted by Crippen LogP contribution is -2.22. The van der Waals surface area contributed by atoms with E-state index in [0.29, 0.717) is 10.7 Å². The zero-order valence-electron chi connectivity index (χ0n) is 11.7. The Morgan fingerprint density at radius 1 is 1.25 bits per heavy atom. The van der Waals surface area contributed by atoms with E-state index in [4.69, 9.17) is 18.0 Å². The lowest BCUT2D eigenvalue weighted by Gasteiger charge is -2.17. The summed E-state index contributed by atoms with van der Waals surface area (Å²) in [6.07, 6.45) is 1.71. The first kappa shape index (κ1) is 14.6. The van der Waals surface area contributed by atoms with Gasteiger partial charge in [0.1, 0.15) is 10.7 Å². The Morgan fingerprint density at radius 2 is 2.05 bits per heavy atom. The van der Waals surface area contributed by atoms with Crippen LogP contribution in [0.1, 0.15) is 22.6 Å². The summed E-state index contributed by atoms with van der Waals surface area (Å²) in [5, 5.41) is 0. The van der Waals surface area contributed by atoms with Crippen LogP contribution in [-0.2, 0) is 13.1 Å². The molecule has 0 aliphatic rings. The normalized spacial score (nSPS) is 10.8. The van der Waals surface area contributed by atoms with E-state index in [9.17, 15) is 0 Å². The first-order valence-electron chi connectivity index (χ1n) is 6.41. The van der Waals surface area contributed by atoms with Crippen molar-refractivity contribution in [3.63, 3.8) is 0 Å². The van der Waals surface area contributed by atoms with Crippen molar-refractivity contribution in [2.75, 3.05) is 7.05 Å². The van der Waals surface area contributed by atoms with Crippen LogP contribution < -0.4 is 5.73 Å². The molecular weight excluding hydrogens is 268 g/mol. The highest BCUT2D eigenvalue weighted by Gasteiger charge is 2.09. The lowest BCUT2D eigenvalue weighted by atomic mass is 10.1. The fraction of sp³-hybridized carbons (Fsp3) is 0.267. The van der Waals surface area contributed by atoms with E-state index in [1.165, 1.54) is 0 Å². The van der Waals surface area contributed by atoms with Crippen LogP contribution >= 0.6 is 12.2 Å². The molecular formula is C15H18N4S. The molecule has 0 bridgehead atoms. The van der Waals surface area contributed by atoms with Gasteiger partial charge in [-0.3, -0.25) is 14.9 Å². The molecule has 5 heteroatoms. The van der Waals surface area contributed by atoms with Gasteiger partial charge in [0, 0.05) is 25.0 Å². The lowest BCUT2D eigenvalue weighted by molar-refractivity contribution is 0.314. The third kappa shape index (κ3) is 3.82. The molecule has 0 spiro atoms. The monoisotopic (exact) mass is 286 g/mol. The molecule has 2 heterocycles. The molecule has 104 valence electrons. The number of hydrogen-bond donors (Lipinski definition) is 1. The molecule has 20 heavy (non-hydrogen) atoms. The zero-order chi connectivity index (χ0) is 14.5. The molecule has 2 rings (SSSR count). The Hall–Kier alpha value is -1.85. The summed E-state index contributed by atoms with van der Waals surface area (Å²) in [5.74, 6) is 0. The first-order valence-corrected chi connectivity index (χ1v) is 6.82. The molecule has 0 saturated carbocycles. The van der Waals surface area contributed by atoms with Gasteiger partial charge >= 0.3 is 0 Å². The van der Waals surface area contributed by atoms with Gasteiger partial charge in [-0.1, -0.05) is 24.4 Å². The zero-order valence-corrected chi connectivity index (χ0v) is 12.5. The summed E-state index contributed by atoms with van der Waals surface area (Å²) in [7, 11) is 2.04. The second kappa shape index (κ2) is 6.54. The molecule has 2 aromatic rings. The van der Waals surface area contributed by atoms with Gasteiger partial charge in [0.15, 0.2) is 0 Å². The van der Waals surface area contributed by atoms with E-state index in [2.05, 4.69) is 14.9 Å². The molecule has 0 saturated heterocycles. The van der Waals surface area contributed by atoms with Gasteiger partial charge in [0.2, 0.25) is 0 Å². The van der Waals surface area contributed by atoms with Crippen LogP contribution in [-0.4, -0.2) is 26.9 Å². The molecule has 0 amide bonds. The van der Waals surface area contributed by atoms with Crippen LogP contribution in [0.3, 0.4) is 0 Å². The van der Waals surface area contributed by atoms with Crippen LogP contribution in [0.25, 0.3) is 0 Å². The number of nitrogens with two attached hydrogens (primary N) is 1. The standard InChI is InChI=1S/C15H18N4S/c1-11-5-3-7-13(18-11)10-19(2)9-12-6-4-8-17-14(12)15(16)20/h3-8H,9-10H2,1-2H3,(H2,16,20). The number of thiocarbonyl (C=S) groups is 1. The number of aromatic nitrogens is 2. The van der Waals surface area contributed by atoms with Gasteiger partial charge < -0.3 is 5.73 Å². The molecule has 4 nitrogen and oxygen atoms in total. The van der Waals surface area contributed by atoms with Gasteiger partial charge in [-0.15, -0.1) is 0 Å². The summed E-state index contributed by atoms with van der Waals surface area (Å²) in [6, 6.07) is 9.95. The first-order chi connectivity index (χ1) is 9.56. The van der Waals surface area contributed by atoms with Gasteiger partial charge in [-0.2, -0.15) is 0 Å². The Morgan fingerprint density at radius 3 is 2.75 bits per heavy atom. The van der Waals surface area contributed by atoms with Crippen molar-refractivity contribution < 1.29 is 0 Å². The summed E-state index contributed by atoms with van der Waals surface area (Å²) in [6.45, 7) is 3.50. The van der Waals surface area contributed by atoms with E-state index >= 15 is 0 Å². The molecule has 2 aromatic heterocycles. The highest BCUT2D eigenvalue weighted by Crippen LogP contribution is 2.10. The molecule has 0 aromatic carbocycles. The minimum absolute atomic E-state index is 0.336. The van der Waals surface area contributed by atoms with Crippen LogP contribution in [0, 0.1) is 6.92 Å². The van der Waals surface area contributed by atoms with Crippen molar-refractivity contribution >= 4 is 17.2 Å². The van der Waals surface area contributed by atoms with E-state index < -0.39 is 0 Å². The van der Waals surface area contributed by atoms with E-state index in [0.717, 1.165) is 30.0 Å². The van der Waals surface area contributed by atoms with E-state index in [1.54, 1.807) is 6.20 Å². The quantitative estimate of drug-likeness (QED) is 0.853. The molecule has 0 aliphatic carbocycles. The topological polar surface area (TPSA) is 55.0 Å². The Balaban J connectivity index is 2.08. The average Bonchev–Trinajstić information content (AvgIpc) is 2.38. The van der Waals surface area contributed by atoms with Crippen LogP contribution in [0.2, 0.25) is 0 Å². The van der Waals surface area contributed by atoms with Crippen LogP contribution in [0.4, 0.5) is 0 Å². The van der Waals surface area contributed by atoms with Crippen LogP contribution in [0.15, 0.2) is 36.5 Å². The minimum atomic E-state index is 0.336. The Bertz CT molecular complexity index is 612. The number of aryl methyl sites for hydroxylation is 1. The average molecular weight is 286 g/mol. The van der Waals surface area contributed by atoms with Crippen molar-refractivity contribution in [1.29, 1.82) is 0 Å². The summed E-state index contributed by atoms with van der Waals surface area (Å²) in [4.78, 5) is 11.3. The summed E-state index contributed by atoms with van der Waals surface area (Å²) >= 11 is 5.03. The van der Waals surface area contributed by atoms with Crippen molar-refractivity contribution in [1.82, 2.24) is 14.9 Å². The maximum Gasteiger partial charge on any atom is 0.123 e. The predicted molar refractivity (Wildman–Crippen MR) is 84.3 cm³/mol. The second-order valence-corrected chi connectivity index (χ2v) is 5.26. The molecule has 0 fully saturated rings. The van der Waals surface area contributed by atoms with Gasteiger partial charge in [0.25, 0.3) is 0 Å². The Kier molecular flexibility index (Phi) is 4.76. The van der Waals surface area contributed by atoms with Gasteiger partial charge in [-0.05, 0) is 37.7 Å². The number of rotatable bonds is 5. The molecule has 2 N–H and O–H groups in total. The summed E-state index contributed by atoms with van der Waals surface area (Å²) in [5.41, 5.74) is 9.52. The van der Waals surface area contributed by atoms with Crippen molar-refractivity contribution in [2.24, 2.45) is 5.73 Å². The van der Waals surface area contributed by atoms with Crippen LogP contribution in [0.5, 0.6) is 0 Å². The third-order valence-corrected chi connectivity index (χ3v) is 3.14. The third-order valence-electron chi connectivity index (χ3n) is 2.94. The maximum absolute atomic E-state index is 5.70. The molecule has 0 aliphatic heterocycles. The van der Waals surface area contributed by atoms with E-state index in [-0.39, 0.29) is 0 Å². The SMILES string of the molecule is Cc1cccc(CN(C)Cc2cccnc2C(N)=S)n1. The second-order valence-electron chi connectivity index (χ2n) is 4.82. The number of pyridine rings is 2. The number of hydrogen-bond acceptors (Lipinski definition) is 4. The highest BCUT2D eigenvalue weighted by atomic mass is 32.1. The van der Waals surface area contributed by atoms with Gasteiger partial charge in [-0.25, -0.2) is 0 Å². The minimum Gasteiger partial charge on any atom is -0.388 e. The molecule has 0 radical (unpaired) electrons. The largest absolute Gasteiger partial charge is 0.388 e. The Labute approximate surface area is 124 Å². The highest BCUT2D eigenvalue weighted by molar-refractivity contribution is 7.80. The molecule has 0 unspecified atom stereocenters. The maximum atomic E-state index is 5.70. The fourth-order valence-corrected chi connectivity index (χ4v) is 2.28. The van der Waals surface area contributed by atoms with Crippen molar-refractivity contribution in [3.05, 3.63) is 59.2 Å². The molecule has 0 atom stereocenters. The number of nitrogens with zero attached hydrogens (tertiary/aromatic N) is 3.